The number of aryl methyl sites for hydroxylation is 2. The number of pyridine rings is 1. The second-order valence-electron chi connectivity index (χ2n) is 9.32. The zero-order valence-electron chi connectivity index (χ0n) is 19.4. The Morgan fingerprint density at radius 2 is 2.03 bits per heavy atom. The van der Waals surface area contributed by atoms with Gasteiger partial charge >= 0.3 is 0 Å². The van der Waals surface area contributed by atoms with Crippen LogP contribution in [0.1, 0.15) is 54.3 Å². The van der Waals surface area contributed by atoms with Gasteiger partial charge in [-0.05, 0) is 56.9 Å². The van der Waals surface area contributed by atoms with E-state index in [-0.39, 0.29) is 11.6 Å². The summed E-state index contributed by atoms with van der Waals surface area (Å²) in [5, 5.41) is 4.90. The number of ether oxygens (including phenoxy) is 1. The number of hydrogen-bond donors (Lipinski definition) is 1. The third-order valence-electron chi connectivity index (χ3n) is 6.68. The first-order valence-electron chi connectivity index (χ1n) is 11.6. The number of aromatic nitrogens is 4. The number of rotatable bonds is 2. The van der Waals surface area contributed by atoms with Crippen LogP contribution in [0.25, 0.3) is 22.6 Å². The Morgan fingerprint density at radius 3 is 2.82 bits per heavy atom. The van der Waals surface area contributed by atoms with E-state index in [0.29, 0.717) is 35.3 Å². The minimum Gasteiger partial charge on any atom is -0.482 e. The van der Waals surface area contributed by atoms with Crippen LogP contribution in [0.15, 0.2) is 34.9 Å². The van der Waals surface area contributed by atoms with Gasteiger partial charge in [-0.1, -0.05) is 0 Å². The molecule has 2 bridgehead atoms. The lowest BCUT2D eigenvalue weighted by Gasteiger charge is -2.20. The molecule has 174 valence electrons. The second-order valence-corrected chi connectivity index (χ2v) is 9.32. The summed E-state index contributed by atoms with van der Waals surface area (Å²) in [6.45, 7) is 6.58. The fraction of sp³-hybridized carbons (Fsp3) is 0.346. The summed E-state index contributed by atoms with van der Waals surface area (Å²) in [6.07, 6.45) is 4.24. The van der Waals surface area contributed by atoms with Crippen molar-refractivity contribution in [1.29, 1.82) is 0 Å². The molecule has 0 unspecified atom stereocenters. The van der Waals surface area contributed by atoms with Gasteiger partial charge in [-0.2, -0.15) is 5.10 Å². The lowest BCUT2D eigenvalue weighted by atomic mass is 9.96. The zero-order chi connectivity index (χ0) is 23.6. The number of nitrogens with two attached hydrogens (primary N) is 1. The van der Waals surface area contributed by atoms with Crippen LogP contribution in [0, 0.1) is 25.6 Å². The maximum atomic E-state index is 14.3. The van der Waals surface area contributed by atoms with Crippen LogP contribution >= 0.6 is 0 Å². The summed E-state index contributed by atoms with van der Waals surface area (Å²) in [6, 6.07) is 6.55. The Bertz CT molecular complexity index is 1420. The van der Waals surface area contributed by atoms with Gasteiger partial charge in [-0.15, -0.1) is 0 Å². The van der Waals surface area contributed by atoms with Crippen LogP contribution in [0.5, 0.6) is 5.75 Å². The molecule has 0 saturated heterocycles. The van der Waals surface area contributed by atoms with Gasteiger partial charge in [-0.25, -0.2) is 14.4 Å². The third kappa shape index (κ3) is 3.54. The van der Waals surface area contributed by atoms with Crippen molar-refractivity contribution in [2.45, 2.75) is 52.7 Å². The quantitative estimate of drug-likeness (QED) is 0.432. The number of nitrogens with zero attached hydrogens (tertiary/aromatic N) is 4. The van der Waals surface area contributed by atoms with Crippen molar-refractivity contribution in [3.05, 3.63) is 64.7 Å². The van der Waals surface area contributed by atoms with Gasteiger partial charge < -0.3 is 14.9 Å². The van der Waals surface area contributed by atoms with Crippen molar-refractivity contribution < 1.29 is 13.5 Å². The maximum Gasteiger partial charge on any atom is 0.192 e. The van der Waals surface area contributed by atoms with Crippen LogP contribution in [0.3, 0.4) is 0 Å². The van der Waals surface area contributed by atoms with Gasteiger partial charge in [-0.3, -0.25) is 4.68 Å². The average molecular weight is 460 g/mol. The molecule has 4 aromatic rings. The first-order chi connectivity index (χ1) is 16.4. The van der Waals surface area contributed by atoms with Crippen molar-refractivity contribution >= 4 is 5.82 Å². The van der Waals surface area contributed by atoms with Crippen molar-refractivity contribution in [3.8, 4) is 28.3 Å². The molecular weight excluding hydrogens is 433 g/mol. The Hall–Kier alpha value is -3.68. The zero-order valence-corrected chi connectivity index (χ0v) is 19.4. The summed E-state index contributed by atoms with van der Waals surface area (Å²) in [4.78, 5) is 9.15. The standard InChI is InChI=1S/C26H26FN5O2/c1-13-20-10-22-25(34-15(3)30-22)19-7-6-18(27)9-21(19)14(2)33-23-8-17(11-29-26(23)28)24(20)32(31-13)12-16-4-5-16/h6-9,11,14,16H,4-5,10,12H2,1-3H3,(H2,28,29)/t14-/m1/s1. The maximum absolute atomic E-state index is 14.3. The van der Waals surface area contributed by atoms with Crippen LogP contribution in [-0.4, -0.2) is 19.7 Å². The van der Waals surface area contributed by atoms with Gasteiger partial charge in [0, 0.05) is 48.3 Å². The average Bonchev–Trinajstić information content (AvgIpc) is 3.46. The van der Waals surface area contributed by atoms with E-state index in [1.807, 2.05) is 26.8 Å². The van der Waals surface area contributed by atoms with E-state index in [4.69, 9.17) is 25.0 Å². The highest BCUT2D eigenvalue weighted by molar-refractivity contribution is 5.71. The topological polar surface area (TPSA) is 92.0 Å². The number of oxazole rings is 1. The number of hydrogen-bond acceptors (Lipinski definition) is 6. The molecule has 3 aromatic heterocycles. The summed E-state index contributed by atoms with van der Waals surface area (Å²) in [5.41, 5.74) is 12.3. The molecule has 1 saturated carbocycles. The minimum atomic E-state index is -0.500. The normalized spacial score (nSPS) is 17.1. The summed E-state index contributed by atoms with van der Waals surface area (Å²) < 4.78 is 28.8. The molecule has 1 fully saturated rings. The summed E-state index contributed by atoms with van der Waals surface area (Å²) >= 11 is 0. The predicted octanol–water partition coefficient (Wildman–Crippen LogP) is 5.39. The molecular formula is C26H26FN5O2. The van der Waals surface area contributed by atoms with Crippen LogP contribution in [0.2, 0.25) is 0 Å². The van der Waals surface area contributed by atoms with Crippen LogP contribution < -0.4 is 10.5 Å². The monoisotopic (exact) mass is 459 g/mol. The molecule has 1 aliphatic heterocycles. The second kappa shape index (κ2) is 7.68. The SMILES string of the molecule is Cc1nc2c(o1)-c1ccc(F)cc1[C@@H](C)Oc1cc(cnc1N)-c1c(c(C)nn1CC1CC1)C2. The summed E-state index contributed by atoms with van der Waals surface area (Å²) in [5.74, 6) is 2.22. The van der Waals surface area contributed by atoms with E-state index in [1.165, 1.54) is 25.0 Å². The highest BCUT2D eigenvalue weighted by Crippen LogP contribution is 2.41. The van der Waals surface area contributed by atoms with E-state index in [9.17, 15) is 4.39 Å². The van der Waals surface area contributed by atoms with Gasteiger partial charge in [0.15, 0.2) is 23.2 Å². The molecule has 1 aliphatic carbocycles. The number of halogens is 1. The van der Waals surface area contributed by atoms with E-state index < -0.39 is 6.10 Å². The number of nitrogen functional groups attached to an aromatic ring is 1. The summed E-state index contributed by atoms with van der Waals surface area (Å²) in [7, 11) is 0. The lowest BCUT2D eigenvalue weighted by Crippen LogP contribution is -2.10. The molecule has 6 rings (SSSR count). The number of anilines is 1. The fourth-order valence-electron chi connectivity index (χ4n) is 4.81. The van der Waals surface area contributed by atoms with E-state index in [1.54, 1.807) is 12.3 Å². The molecule has 2 N–H and O–H groups in total. The largest absolute Gasteiger partial charge is 0.482 e. The van der Waals surface area contributed by atoms with Crippen molar-refractivity contribution in [1.82, 2.24) is 19.7 Å². The van der Waals surface area contributed by atoms with Crippen LogP contribution in [0.4, 0.5) is 10.2 Å². The van der Waals surface area contributed by atoms with E-state index in [2.05, 4.69) is 9.67 Å². The molecule has 8 heteroatoms. The predicted molar refractivity (Wildman–Crippen MR) is 126 cm³/mol. The molecule has 0 spiro atoms. The van der Waals surface area contributed by atoms with Crippen LogP contribution in [-0.2, 0) is 13.0 Å². The highest BCUT2D eigenvalue weighted by atomic mass is 19.1. The lowest BCUT2D eigenvalue weighted by molar-refractivity contribution is 0.227. The molecule has 0 amide bonds. The van der Waals surface area contributed by atoms with Gasteiger partial charge in [0.2, 0.25) is 0 Å². The fourth-order valence-corrected chi connectivity index (χ4v) is 4.81. The van der Waals surface area contributed by atoms with Crippen molar-refractivity contribution in [3.63, 3.8) is 0 Å². The van der Waals surface area contributed by atoms with Gasteiger partial charge in [0.1, 0.15) is 11.9 Å². The molecule has 0 radical (unpaired) electrons. The Kier molecular flexibility index (Phi) is 4.72. The molecule has 2 aliphatic rings. The smallest absolute Gasteiger partial charge is 0.192 e. The van der Waals surface area contributed by atoms with E-state index >= 15 is 0 Å². The Morgan fingerprint density at radius 1 is 1.21 bits per heavy atom. The highest BCUT2D eigenvalue weighted by Gasteiger charge is 2.29. The molecule has 1 aromatic carbocycles. The molecule has 4 heterocycles. The minimum absolute atomic E-state index is 0.286. The molecule has 1 atom stereocenters. The molecule has 34 heavy (non-hydrogen) atoms. The molecule has 7 nitrogen and oxygen atoms in total. The first kappa shape index (κ1) is 20.9. The van der Waals surface area contributed by atoms with Gasteiger partial charge in [0.25, 0.3) is 0 Å². The van der Waals surface area contributed by atoms with Gasteiger partial charge in [0.05, 0.1) is 17.1 Å². The Labute approximate surface area is 196 Å². The van der Waals surface area contributed by atoms with Crippen molar-refractivity contribution in [2.24, 2.45) is 5.92 Å². The first-order valence-corrected chi connectivity index (χ1v) is 11.6. The number of benzene rings is 1. The van der Waals surface area contributed by atoms with Crippen molar-refractivity contribution in [2.75, 3.05) is 5.73 Å². The van der Waals surface area contributed by atoms with E-state index in [0.717, 1.165) is 40.3 Å². The third-order valence-corrected chi connectivity index (χ3v) is 6.68. The Balaban J connectivity index is 1.62. The number of fused-ring (bicyclic) bond motifs is 7.